The number of aromatic nitrogens is 2. The van der Waals surface area contributed by atoms with Crippen LogP contribution in [-0.4, -0.2) is 43.8 Å². The molecule has 0 bridgehead atoms. The number of anilines is 1. The third-order valence-electron chi connectivity index (χ3n) is 1.96. The highest BCUT2D eigenvalue weighted by atomic mass is 32.2. The van der Waals surface area contributed by atoms with Gasteiger partial charge in [0.25, 0.3) is 0 Å². The smallest absolute Gasteiger partial charge is 0.358 e. The first-order valence-corrected chi connectivity index (χ1v) is 6.78. The van der Waals surface area contributed by atoms with E-state index in [-0.39, 0.29) is 11.4 Å². The van der Waals surface area contributed by atoms with Crippen LogP contribution in [0, 0.1) is 0 Å². The highest BCUT2D eigenvalue weighted by molar-refractivity contribution is 7.89. The number of hydrogen-bond donors (Lipinski definition) is 2. The largest absolute Gasteiger partial charge is 0.464 e. The highest BCUT2D eigenvalue weighted by Gasteiger charge is 2.07. The molecule has 0 fully saturated rings. The second-order valence-electron chi connectivity index (χ2n) is 3.43. The summed E-state index contributed by atoms with van der Waals surface area (Å²) in [5.74, 6) is -0.228. The molecule has 100 valence electrons. The number of hydrogen-bond acceptors (Lipinski definition) is 7. The Labute approximate surface area is 105 Å². The van der Waals surface area contributed by atoms with Crippen LogP contribution < -0.4 is 10.5 Å². The molecule has 0 aliphatic heterocycles. The number of carbonyl (C=O) groups excluding carboxylic acids is 1. The van der Waals surface area contributed by atoms with Crippen LogP contribution in [0.25, 0.3) is 0 Å². The fourth-order valence-corrected chi connectivity index (χ4v) is 1.67. The molecule has 0 saturated carbocycles. The lowest BCUT2D eigenvalue weighted by Crippen LogP contribution is -2.19. The van der Waals surface area contributed by atoms with Gasteiger partial charge in [-0.2, -0.15) is 0 Å². The van der Waals surface area contributed by atoms with E-state index in [1.165, 1.54) is 19.5 Å². The first-order chi connectivity index (χ1) is 8.42. The van der Waals surface area contributed by atoms with Gasteiger partial charge in [-0.05, 0) is 6.42 Å². The van der Waals surface area contributed by atoms with Crippen LogP contribution in [0.4, 0.5) is 5.82 Å². The minimum atomic E-state index is -3.44. The lowest BCUT2D eigenvalue weighted by atomic mass is 10.4. The molecule has 0 saturated heterocycles. The number of carbonyl (C=O) groups is 1. The van der Waals surface area contributed by atoms with Crippen molar-refractivity contribution in [1.29, 1.82) is 0 Å². The number of methoxy groups -OCH3 is 1. The van der Waals surface area contributed by atoms with Crippen LogP contribution in [0.5, 0.6) is 0 Å². The van der Waals surface area contributed by atoms with Gasteiger partial charge in [-0.3, -0.25) is 0 Å². The predicted octanol–water partition coefficient (Wildman–Crippen LogP) is -0.646. The maximum absolute atomic E-state index is 11.1. The van der Waals surface area contributed by atoms with Crippen molar-refractivity contribution >= 4 is 21.8 Å². The number of nitrogens with two attached hydrogens (primary N) is 1. The number of sulfonamides is 1. The Morgan fingerprint density at radius 3 is 2.67 bits per heavy atom. The standard InChI is InChI=1S/C9H14N4O4S/c1-17-9(14)7-5-13-8(6-12-7)11-3-2-4-18(10,15)16/h5-6H,2-4H2,1H3,(H,11,13)(H2,10,15,16). The van der Waals surface area contributed by atoms with Gasteiger partial charge >= 0.3 is 5.97 Å². The van der Waals surface area contributed by atoms with Crippen LogP contribution in [0.15, 0.2) is 12.4 Å². The van der Waals surface area contributed by atoms with E-state index in [0.717, 1.165) is 0 Å². The highest BCUT2D eigenvalue weighted by Crippen LogP contribution is 2.02. The van der Waals surface area contributed by atoms with Gasteiger partial charge in [0, 0.05) is 6.54 Å². The van der Waals surface area contributed by atoms with Gasteiger partial charge in [0.15, 0.2) is 5.69 Å². The molecule has 0 unspecified atom stereocenters. The molecule has 9 heteroatoms. The molecule has 0 aromatic carbocycles. The maximum atomic E-state index is 11.1. The molecule has 0 atom stereocenters. The zero-order valence-corrected chi connectivity index (χ0v) is 10.6. The number of esters is 1. The molecule has 3 N–H and O–H groups in total. The average Bonchev–Trinajstić information content (AvgIpc) is 2.33. The SMILES string of the molecule is COC(=O)c1cnc(NCCCS(N)(=O)=O)cn1. The summed E-state index contributed by atoms with van der Waals surface area (Å²) in [7, 11) is -2.18. The molecule has 8 nitrogen and oxygen atoms in total. The first-order valence-electron chi connectivity index (χ1n) is 5.07. The molecule has 1 heterocycles. The van der Waals surface area contributed by atoms with E-state index in [4.69, 9.17) is 5.14 Å². The van der Waals surface area contributed by atoms with E-state index in [1.54, 1.807) is 0 Å². The second-order valence-corrected chi connectivity index (χ2v) is 5.16. The minimum Gasteiger partial charge on any atom is -0.464 e. The van der Waals surface area contributed by atoms with Crippen LogP contribution in [0.2, 0.25) is 0 Å². The molecular formula is C9H14N4O4S. The van der Waals surface area contributed by atoms with Crippen molar-refractivity contribution in [3.05, 3.63) is 18.1 Å². The van der Waals surface area contributed by atoms with E-state index in [1.807, 2.05) is 0 Å². The van der Waals surface area contributed by atoms with Crippen molar-refractivity contribution in [3.8, 4) is 0 Å². The summed E-state index contributed by atoms with van der Waals surface area (Å²) in [5, 5.41) is 7.70. The fourth-order valence-electron chi connectivity index (χ4n) is 1.12. The summed E-state index contributed by atoms with van der Waals surface area (Å²) < 4.78 is 25.8. The van der Waals surface area contributed by atoms with Gasteiger partial charge in [-0.1, -0.05) is 0 Å². The maximum Gasteiger partial charge on any atom is 0.358 e. The Bertz CT molecular complexity index is 500. The summed E-state index contributed by atoms with van der Waals surface area (Å²) in [6.45, 7) is 0.392. The third-order valence-corrected chi connectivity index (χ3v) is 2.82. The quantitative estimate of drug-likeness (QED) is 0.522. The van der Waals surface area contributed by atoms with Gasteiger partial charge < -0.3 is 10.1 Å². The molecule has 1 rings (SSSR count). The molecule has 18 heavy (non-hydrogen) atoms. The van der Waals surface area contributed by atoms with Crippen molar-refractivity contribution in [2.45, 2.75) is 6.42 Å². The Balaban J connectivity index is 2.42. The zero-order valence-electron chi connectivity index (χ0n) is 9.79. The van der Waals surface area contributed by atoms with Crippen LogP contribution in [0.1, 0.15) is 16.9 Å². The van der Waals surface area contributed by atoms with E-state index >= 15 is 0 Å². The molecule has 0 aliphatic carbocycles. The van der Waals surface area contributed by atoms with Crippen molar-refractivity contribution in [2.24, 2.45) is 5.14 Å². The van der Waals surface area contributed by atoms with E-state index < -0.39 is 16.0 Å². The van der Waals surface area contributed by atoms with Crippen LogP contribution in [-0.2, 0) is 14.8 Å². The predicted molar refractivity (Wildman–Crippen MR) is 64.5 cm³/mol. The van der Waals surface area contributed by atoms with Crippen molar-refractivity contribution in [2.75, 3.05) is 24.7 Å². The molecule has 0 radical (unpaired) electrons. The fraction of sp³-hybridized carbons (Fsp3) is 0.444. The monoisotopic (exact) mass is 274 g/mol. The third kappa shape index (κ3) is 5.06. The Hall–Kier alpha value is -1.74. The van der Waals surface area contributed by atoms with Gasteiger partial charge in [0.2, 0.25) is 10.0 Å². The van der Waals surface area contributed by atoms with Crippen molar-refractivity contribution < 1.29 is 17.9 Å². The van der Waals surface area contributed by atoms with Crippen LogP contribution in [0.3, 0.4) is 0 Å². The molecule has 1 aromatic rings. The number of nitrogens with one attached hydrogen (secondary N) is 1. The topological polar surface area (TPSA) is 124 Å². The van der Waals surface area contributed by atoms with E-state index in [2.05, 4.69) is 20.0 Å². The average molecular weight is 274 g/mol. The van der Waals surface area contributed by atoms with Gasteiger partial charge in [-0.15, -0.1) is 0 Å². The number of primary sulfonamides is 1. The lowest BCUT2D eigenvalue weighted by Gasteiger charge is -2.04. The summed E-state index contributed by atoms with van der Waals surface area (Å²) in [6, 6.07) is 0. The Morgan fingerprint density at radius 1 is 1.44 bits per heavy atom. The van der Waals surface area contributed by atoms with E-state index in [9.17, 15) is 13.2 Å². The molecule has 0 spiro atoms. The summed E-state index contributed by atoms with van der Waals surface area (Å²) in [6.07, 6.45) is 3.00. The van der Waals surface area contributed by atoms with Crippen LogP contribution >= 0.6 is 0 Å². The molecular weight excluding hydrogens is 260 g/mol. The summed E-state index contributed by atoms with van der Waals surface area (Å²) >= 11 is 0. The normalized spacial score (nSPS) is 11.0. The molecule has 0 amide bonds. The number of nitrogens with zero attached hydrogens (tertiary/aromatic N) is 2. The van der Waals surface area contributed by atoms with E-state index in [0.29, 0.717) is 18.8 Å². The number of rotatable bonds is 6. The van der Waals surface area contributed by atoms with Gasteiger partial charge in [0.1, 0.15) is 5.82 Å². The van der Waals surface area contributed by atoms with Crippen molar-refractivity contribution in [3.63, 3.8) is 0 Å². The Morgan fingerprint density at radius 2 is 2.17 bits per heavy atom. The Kier molecular flexibility index (Phi) is 4.98. The molecule has 1 aromatic heterocycles. The van der Waals surface area contributed by atoms with Gasteiger partial charge in [-0.25, -0.2) is 28.3 Å². The first kappa shape index (κ1) is 14.3. The van der Waals surface area contributed by atoms with Gasteiger partial charge in [0.05, 0.1) is 25.3 Å². The van der Waals surface area contributed by atoms with Crippen molar-refractivity contribution in [1.82, 2.24) is 9.97 Å². The summed E-state index contributed by atoms with van der Waals surface area (Å²) in [5.41, 5.74) is 0.104. The lowest BCUT2D eigenvalue weighted by molar-refractivity contribution is 0.0593. The zero-order chi connectivity index (χ0) is 13.6. The second kappa shape index (κ2) is 6.26. The number of ether oxygens (including phenoxy) is 1. The summed E-state index contributed by atoms with van der Waals surface area (Å²) in [4.78, 5) is 18.8. The minimum absolute atomic E-state index is 0.103. The molecule has 0 aliphatic rings.